The Morgan fingerprint density at radius 1 is 1.12 bits per heavy atom. The Bertz CT molecular complexity index is 832. The molecule has 0 saturated carbocycles. The Morgan fingerprint density at radius 3 is 2.76 bits per heavy atom. The van der Waals surface area contributed by atoms with Crippen LogP contribution in [0.3, 0.4) is 0 Å². The molecule has 3 rings (SSSR count). The molecule has 0 aliphatic rings. The molecule has 0 unspecified atom stereocenters. The van der Waals surface area contributed by atoms with E-state index in [1.165, 1.54) is 0 Å². The number of thioether (sulfide) groups is 1. The van der Waals surface area contributed by atoms with Crippen LogP contribution in [0.15, 0.2) is 66.0 Å². The van der Waals surface area contributed by atoms with Crippen LogP contribution in [0.25, 0.3) is 11.5 Å². The van der Waals surface area contributed by atoms with Crippen molar-refractivity contribution in [2.75, 3.05) is 12.3 Å². The molecule has 0 fully saturated rings. The Hall–Kier alpha value is -2.60. The molecule has 2 heterocycles. The van der Waals surface area contributed by atoms with E-state index < -0.39 is 0 Å². The van der Waals surface area contributed by atoms with Gasteiger partial charge in [0.15, 0.2) is 5.82 Å². The third-order valence-corrected chi connectivity index (χ3v) is 4.63. The van der Waals surface area contributed by atoms with E-state index >= 15 is 0 Å². The number of hydrogen-bond donors (Lipinski definition) is 1. The summed E-state index contributed by atoms with van der Waals surface area (Å²) in [6, 6.07) is 13.4. The Morgan fingerprint density at radius 2 is 1.96 bits per heavy atom. The van der Waals surface area contributed by atoms with Gasteiger partial charge < -0.3 is 9.88 Å². The summed E-state index contributed by atoms with van der Waals surface area (Å²) in [4.78, 5) is 22.2. The lowest BCUT2D eigenvalue weighted by molar-refractivity contribution is 0.0949. The third kappa shape index (κ3) is 4.28. The molecule has 0 aliphatic carbocycles. The highest BCUT2D eigenvalue weighted by Crippen LogP contribution is 2.22. The molecule has 1 aromatic carbocycles. The van der Waals surface area contributed by atoms with E-state index in [1.54, 1.807) is 24.2 Å². The molecular formula is C19H20N4OS. The van der Waals surface area contributed by atoms with E-state index in [4.69, 9.17) is 0 Å². The monoisotopic (exact) mass is 352 g/mol. The van der Waals surface area contributed by atoms with Gasteiger partial charge in [-0.05, 0) is 30.0 Å². The van der Waals surface area contributed by atoms with Gasteiger partial charge in [-0.3, -0.25) is 9.78 Å². The van der Waals surface area contributed by atoms with Gasteiger partial charge in [-0.25, -0.2) is 4.98 Å². The number of aromatic nitrogens is 3. The second-order valence-corrected chi connectivity index (χ2v) is 6.65. The maximum atomic E-state index is 12.5. The van der Waals surface area contributed by atoms with Crippen LogP contribution >= 0.6 is 11.8 Å². The van der Waals surface area contributed by atoms with Crippen LogP contribution in [0.4, 0.5) is 0 Å². The number of hydrogen-bond acceptors (Lipinski definition) is 4. The second-order valence-electron chi connectivity index (χ2n) is 5.34. The average Bonchev–Trinajstić information content (AvgIpc) is 3.11. The Balaban J connectivity index is 1.63. The van der Waals surface area contributed by atoms with E-state index in [0.717, 1.165) is 27.7 Å². The van der Waals surface area contributed by atoms with Crippen molar-refractivity contribution in [3.8, 4) is 11.5 Å². The van der Waals surface area contributed by atoms with Crippen LogP contribution in [-0.2, 0) is 6.54 Å². The fourth-order valence-corrected chi connectivity index (χ4v) is 3.34. The molecule has 0 radical (unpaired) electrons. The van der Waals surface area contributed by atoms with Gasteiger partial charge in [-0.2, -0.15) is 0 Å². The zero-order valence-electron chi connectivity index (χ0n) is 14.1. The number of benzene rings is 1. The number of imidazole rings is 1. The number of carbonyl (C=O) groups excluding carboxylic acids is 1. The highest BCUT2D eigenvalue weighted by Gasteiger charge is 2.11. The van der Waals surface area contributed by atoms with Crippen molar-refractivity contribution in [2.45, 2.75) is 18.4 Å². The summed E-state index contributed by atoms with van der Waals surface area (Å²) >= 11 is 1.68. The molecule has 25 heavy (non-hydrogen) atoms. The van der Waals surface area contributed by atoms with E-state index in [0.29, 0.717) is 13.1 Å². The third-order valence-electron chi connectivity index (χ3n) is 3.68. The maximum Gasteiger partial charge on any atom is 0.252 e. The summed E-state index contributed by atoms with van der Waals surface area (Å²) < 4.78 is 2.00. The van der Waals surface area contributed by atoms with Crippen LogP contribution in [0.2, 0.25) is 0 Å². The molecule has 0 spiro atoms. The molecule has 128 valence electrons. The predicted octanol–water partition coefficient (Wildman–Crippen LogP) is 3.49. The van der Waals surface area contributed by atoms with Gasteiger partial charge in [0.05, 0.1) is 5.56 Å². The SMILES string of the molecule is CCSc1ccccc1C(=O)NCCn1ccnc1-c1ccccn1. The Labute approximate surface area is 151 Å². The topological polar surface area (TPSA) is 59.8 Å². The van der Waals surface area contributed by atoms with E-state index in [-0.39, 0.29) is 5.91 Å². The second kappa shape index (κ2) is 8.48. The maximum absolute atomic E-state index is 12.5. The summed E-state index contributed by atoms with van der Waals surface area (Å²) in [6.07, 6.45) is 5.40. The predicted molar refractivity (Wildman–Crippen MR) is 101 cm³/mol. The van der Waals surface area contributed by atoms with Crippen molar-refractivity contribution >= 4 is 17.7 Å². The van der Waals surface area contributed by atoms with Crippen molar-refractivity contribution in [3.05, 3.63) is 66.6 Å². The van der Waals surface area contributed by atoms with Gasteiger partial charge in [0.1, 0.15) is 5.69 Å². The summed E-state index contributed by atoms with van der Waals surface area (Å²) in [5.74, 6) is 1.69. The van der Waals surface area contributed by atoms with Crippen molar-refractivity contribution in [2.24, 2.45) is 0 Å². The van der Waals surface area contributed by atoms with Gasteiger partial charge in [0.2, 0.25) is 0 Å². The molecule has 5 nitrogen and oxygen atoms in total. The minimum absolute atomic E-state index is 0.0453. The number of pyridine rings is 1. The molecule has 0 atom stereocenters. The molecule has 1 N–H and O–H groups in total. The molecule has 0 bridgehead atoms. The highest BCUT2D eigenvalue weighted by molar-refractivity contribution is 7.99. The first-order chi connectivity index (χ1) is 12.3. The lowest BCUT2D eigenvalue weighted by atomic mass is 10.2. The van der Waals surface area contributed by atoms with Crippen molar-refractivity contribution in [1.29, 1.82) is 0 Å². The minimum Gasteiger partial charge on any atom is -0.350 e. The van der Waals surface area contributed by atoms with Crippen molar-refractivity contribution in [1.82, 2.24) is 19.9 Å². The van der Waals surface area contributed by atoms with Gasteiger partial charge in [0.25, 0.3) is 5.91 Å². The summed E-state index contributed by atoms with van der Waals surface area (Å²) in [5, 5.41) is 2.99. The fraction of sp³-hybridized carbons (Fsp3) is 0.211. The zero-order chi connectivity index (χ0) is 17.5. The lowest BCUT2D eigenvalue weighted by Gasteiger charge is -2.11. The van der Waals surface area contributed by atoms with Crippen LogP contribution in [0.5, 0.6) is 0 Å². The zero-order valence-corrected chi connectivity index (χ0v) is 14.9. The molecule has 0 saturated heterocycles. The number of nitrogens with one attached hydrogen (secondary N) is 1. The van der Waals surface area contributed by atoms with Gasteiger partial charge in [-0.1, -0.05) is 25.1 Å². The largest absolute Gasteiger partial charge is 0.350 e. The molecule has 3 aromatic rings. The standard InChI is InChI=1S/C19H20N4OS/c1-2-25-17-9-4-3-7-15(17)19(24)22-12-14-23-13-11-21-18(23)16-8-5-6-10-20-16/h3-11,13H,2,12,14H2,1H3,(H,22,24). The van der Waals surface area contributed by atoms with Crippen LogP contribution in [0.1, 0.15) is 17.3 Å². The number of rotatable bonds is 7. The number of amides is 1. The van der Waals surface area contributed by atoms with E-state index in [2.05, 4.69) is 22.2 Å². The van der Waals surface area contributed by atoms with Crippen LogP contribution in [-0.4, -0.2) is 32.7 Å². The Kier molecular flexibility index (Phi) is 5.85. The first kappa shape index (κ1) is 17.2. The highest BCUT2D eigenvalue weighted by atomic mass is 32.2. The van der Waals surface area contributed by atoms with Crippen LogP contribution < -0.4 is 5.32 Å². The number of carbonyl (C=O) groups is 1. The average molecular weight is 352 g/mol. The number of nitrogens with zero attached hydrogens (tertiary/aromatic N) is 3. The molecule has 0 aliphatic heterocycles. The van der Waals surface area contributed by atoms with E-state index in [9.17, 15) is 4.79 Å². The lowest BCUT2D eigenvalue weighted by Crippen LogP contribution is -2.27. The summed E-state index contributed by atoms with van der Waals surface area (Å²) in [7, 11) is 0. The van der Waals surface area contributed by atoms with Crippen LogP contribution in [0, 0.1) is 0 Å². The first-order valence-electron chi connectivity index (χ1n) is 8.22. The molecule has 6 heteroatoms. The van der Waals surface area contributed by atoms with Gasteiger partial charge in [-0.15, -0.1) is 11.8 Å². The minimum atomic E-state index is -0.0453. The van der Waals surface area contributed by atoms with Crippen molar-refractivity contribution in [3.63, 3.8) is 0 Å². The molecular weight excluding hydrogens is 332 g/mol. The van der Waals surface area contributed by atoms with Gasteiger partial charge in [0, 0.05) is 36.6 Å². The summed E-state index contributed by atoms with van der Waals surface area (Å²) in [5.41, 5.74) is 1.55. The quantitative estimate of drug-likeness (QED) is 0.661. The normalized spacial score (nSPS) is 10.6. The van der Waals surface area contributed by atoms with Gasteiger partial charge >= 0.3 is 0 Å². The van der Waals surface area contributed by atoms with E-state index in [1.807, 2.05) is 53.2 Å². The summed E-state index contributed by atoms with van der Waals surface area (Å²) in [6.45, 7) is 3.25. The molecule has 1 amide bonds. The molecule has 2 aromatic heterocycles. The smallest absolute Gasteiger partial charge is 0.252 e. The van der Waals surface area contributed by atoms with Crippen molar-refractivity contribution < 1.29 is 4.79 Å². The first-order valence-corrected chi connectivity index (χ1v) is 9.20. The fourth-order valence-electron chi connectivity index (χ4n) is 2.54.